The number of rotatable bonds is 4. The molecule has 1 saturated carbocycles. The van der Waals surface area contributed by atoms with Crippen LogP contribution in [-0.4, -0.2) is 39.7 Å². The number of pyridine rings is 1. The van der Waals surface area contributed by atoms with Gasteiger partial charge < -0.3 is 4.90 Å². The van der Waals surface area contributed by atoms with Gasteiger partial charge in [0.25, 0.3) is 5.91 Å². The summed E-state index contributed by atoms with van der Waals surface area (Å²) in [6.07, 6.45) is 4.22. The van der Waals surface area contributed by atoms with E-state index in [0.717, 1.165) is 24.8 Å². The highest BCUT2D eigenvalue weighted by atomic mass is 16.2. The van der Waals surface area contributed by atoms with E-state index in [1.54, 1.807) is 17.2 Å². The molecular weight excluding hydrogens is 270 g/mol. The molecular formula is C15H17N3O3. The van der Waals surface area contributed by atoms with E-state index in [4.69, 9.17) is 0 Å². The first-order chi connectivity index (χ1) is 10.1. The van der Waals surface area contributed by atoms with E-state index >= 15 is 0 Å². The predicted molar refractivity (Wildman–Crippen MR) is 74.4 cm³/mol. The lowest BCUT2D eigenvalue weighted by atomic mass is 10.1. The molecule has 2 heterocycles. The van der Waals surface area contributed by atoms with Crippen LogP contribution >= 0.6 is 0 Å². The zero-order valence-electron chi connectivity index (χ0n) is 11.8. The van der Waals surface area contributed by atoms with Crippen molar-refractivity contribution in [2.24, 2.45) is 0 Å². The monoisotopic (exact) mass is 287 g/mol. The molecule has 0 bridgehead atoms. The Morgan fingerprint density at radius 2 is 2.19 bits per heavy atom. The lowest BCUT2D eigenvalue weighted by Crippen LogP contribution is -2.46. The molecule has 0 unspecified atom stereocenters. The molecule has 2 fully saturated rings. The van der Waals surface area contributed by atoms with Gasteiger partial charge in [-0.25, -0.2) is 0 Å². The number of nitrogens with zero attached hydrogens (tertiary/aromatic N) is 2. The van der Waals surface area contributed by atoms with Crippen LogP contribution in [0.25, 0.3) is 0 Å². The highest BCUT2D eigenvalue weighted by Gasteiger charge is 2.45. The fraction of sp³-hybridized carbons (Fsp3) is 0.467. The summed E-state index contributed by atoms with van der Waals surface area (Å²) in [7, 11) is 0. The molecule has 1 aromatic rings. The Morgan fingerprint density at radius 3 is 2.76 bits per heavy atom. The first kappa shape index (κ1) is 13.7. The molecule has 1 aliphatic carbocycles. The quantitative estimate of drug-likeness (QED) is 0.825. The average molecular weight is 287 g/mol. The topological polar surface area (TPSA) is 79.4 Å². The van der Waals surface area contributed by atoms with Gasteiger partial charge in [0.05, 0.1) is 6.42 Å². The summed E-state index contributed by atoms with van der Waals surface area (Å²) in [5.41, 5.74) is 1.37. The number of aromatic nitrogens is 1. The minimum atomic E-state index is -0.690. The van der Waals surface area contributed by atoms with Crippen molar-refractivity contribution in [1.29, 1.82) is 0 Å². The van der Waals surface area contributed by atoms with E-state index in [0.29, 0.717) is 5.69 Å². The summed E-state index contributed by atoms with van der Waals surface area (Å²) < 4.78 is 0. The summed E-state index contributed by atoms with van der Waals surface area (Å²) in [5.74, 6) is -0.965. The number of nitrogens with one attached hydrogen (secondary N) is 1. The van der Waals surface area contributed by atoms with Crippen LogP contribution in [0.2, 0.25) is 0 Å². The molecule has 1 aliphatic heterocycles. The smallest absolute Gasteiger partial charge is 0.273 e. The second-order valence-corrected chi connectivity index (χ2v) is 5.48. The van der Waals surface area contributed by atoms with E-state index in [9.17, 15) is 14.4 Å². The van der Waals surface area contributed by atoms with E-state index < -0.39 is 6.04 Å². The highest BCUT2D eigenvalue weighted by Crippen LogP contribution is 2.32. The van der Waals surface area contributed by atoms with Crippen LogP contribution < -0.4 is 5.32 Å². The van der Waals surface area contributed by atoms with Gasteiger partial charge in [0.2, 0.25) is 11.8 Å². The molecule has 6 nitrogen and oxygen atoms in total. The van der Waals surface area contributed by atoms with Gasteiger partial charge in [0.1, 0.15) is 11.7 Å². The molecule has 0 radical (unpaired) electrons. The molecule has 1 N–H and O–H groups in total. The molecule has 110 valence electrons. The molecule has 0 aromatic carbocycles. The predicted octanol–water partition coefficient (Wildman–Crippen LogP) is 0.664. The van der Waals surface area contributed by atoms with Crippen LogP contribution in [0.1, 0.15) is 42.2 Å². The maximum Gasteiger partial charge on any atom is 0.273 e. The van der Waals surface area contributed by atoms with Crippen LogP contribution in [-0.2, 0) is 16.0 Å². The van der Waals surface area contributed by atoms with Crippen molar-refractivity contribution in [2.45, 2.75) is 44.7 Å². The Labute approximate surface area is 122 Å². The fourth-order valence-corrected chi connectivity index (χ4v) is 2.62. The maximum absolute atomic E-state index is 12.7. The molecule has 21 heavy (non-hydrogen) atoms. The number of hydrogen-bond donors (Lipinski definition) is 1. The van der Waals surface area contributed by atoms with Crippen molar-refractivity contribution in [2.75, 3.05) is 0 Å². The van der Waals surface area contributed by atoms with Gasteiger partial charge >= 0.3 is 0 Å². The summed E-state index contributed by atoms with van der Waals surface area (Å²) >= 11 is 0. The number of carbonyl (C=O) groups excluding carboxylic acids is 3. The van der Waals surface area contributed by atoms with Crippen molar-refractivity contribution >= 4 is 17.7 Å². The second kappa shape index (κ2) is 5.27. The minimum absolute atomic E-state index is 0.0474. The van der Waals surface area contributed by atoms with Crippen LogP contribution in [0, 0.1) is 0 Å². The molecule has 3 amide bonds. The third kappa shape index (κ3) is 2.66. The van der Waals surface area contributed by atoms with Crippen LogP contribution in [0.3, 0.4) is 0 Å². The maximum atomic E-state index is 12.7. The van der Waals surface area contributed by atoms with Crippen LogP contribution in [0.4, 0.5) is 0 Å². The Bertz CT molecular complexity index is 610. The zero-order valence-corrected chi connectivity index (χ0v) is 11.8. The number of hydrogen-bond acceptors (Lipinski definition) is 4. The van der Waals surface area contributed by atoms with Gasteiger partial charge in [0, 0.05) is 12.2 Å². The molecule has 3 rings (SSSR count). The summed E-state index contributed by atoms with van der Waals surface area (Å²) in [6, 6.07) is 2.98. The minimum Gasteiger partial charge on any atom is -0.322 e. The largest absolute Gasteiger partial charge is 0.322 e. The van der Waals surface area contributed by atoms with Crippen LogP contribution in [0.15, 0.2) is 18.3 Å². The average Bonchev–Trinajstić information content (AvgIpc) is 3.25. The van der Waals surface area contributed by atoms with Crippen molar-refractivity contribution in [1.82, 2.24) is 15.2 Å². The molecule has 6 heteroatoms. The summed E-state index contributed by atoms with van der Waals surface area (Å²) in [6.45, 7) is 2.01. The summed E-state index contributed by atoms with van der Waals surface area (Å²) in [5, 5.41) is 2.27. The third-order valence-electron chi connectivity index (χ3n) is 3.91. The van der Waals surface area contributed by atoms with Gasteiger partial charge in [-0.2, -0.15) is 0 Å². The number of imide groups is 1. The zero-order chi connectivity index (χ0) is 15.0. The molecule has 1 saturated heterocycles. The highest BCUT2D eigenvalue weighted by molar-refractivity contribution is 6.08. The van der Waals surface area contributed by atoms with Gasteiger partial charge in [-0.05, 0) is 37.0 Å². The number of aryl methyl sites for hydroxylation is 1. The second-order valence-electron chi connectivity index (χ2n) is 5.48. The SMILES string of the molecule is CCc1ccnc(C(=O)N(C2CC2)[C@H]2CC(=O)NC2=O)c1. The molecule has 2 aliphatic rings. The molecule has 1 atom stereocenters. The Kier molecular flexibility index (Phi) is 3.45. The number of carbonyl (C=O) groups is 3. The lowest BCUT2D eigenvalue weighted by molar-refractivity contribution is -0.126. The first-order valence-electron chi connectivity index (χ1n) is 7.21. The normalized spacial score (nSPS) is 21.3. The van der Waals surface area contributed by atoms with Crippen molar-refractivity contribution in [3.8, 4) is 0 Å². The van der Waals surface area contributed by atoms with Crippen LogP contribution in [0.5, 0.6) is 0 Å². The number of amides is 3. The Balaban J connectivity index is 1.88. The fourth-order valence-electron chi connectivity index (χ4n) is 2.62. The van der Waals surface area contributed by atoms with Gasteiger partial charge in [0.15, 0.2) is 0 Å². The van der Waals surface area contributed by atoms with E-state index in [2.05, 4.69) is 10.3 Å². The molecule has 0 spiro atoms. The van der Waals surface area contributed by atoms with Crippen molar-refractivity contribution in [3.63, 3.8) is 0 Å². The van der Waals surface area contributed by atoms with E-state index in [-0.39, 0.29) is 30.2 Å². The van der Waals surface area contributed by atoms with E-state index in [1.165, 1.54) is 0 Å². The Hall–Kier alpha value is -2.24. The molecule has 1 aromatic heterocycles. The van der Waals surface area contributed by atoms with Gasteiger partial charge in [-0.1, -0.05) is 6.92 Å². The Morgan fingerprint density at radius 1 is 1.43 bits per heavy atom. The lowest BCUT2D eigenvalue weighted by Gasteiger charge is -2.26. The van der Waals surface area contributed by atoms with Gasteiger partial charge in [-0.15, -0.1) is 0 Å². The van der Waals surface area contributed by atoms with Crippen molar-refractivity contribution < 1.29 is 14.4 Å². The first-order valence-corrected chi connectivity index (χ1v) is 7.21. The standard InChI is InChI=1S/C15H17N3O3/c1-2-9-5-6-16-11(7-9)15(21)18(10-3-4-10)12-8-13(19)17-14(12)20/h5-7,10,12H,2-4,8H2,1H3,(H,17,19,20)/t12-/m0/s1. The van der Waals surface area contributed by atoms with E-state index in [1.807, 2.05) is 13.0 Å². The van der Waals surface area contributed by atoms with Gasteiger partial charge in [-0.3, -0.25) is 24.7 Å². The van der Waals surface area contributed by atoms with Crippen molar-refractivity contribution in [3.05, 3.63) is 29.6 Å². The third-order valence-corrected chi connectivity index (χ3v) is 3.91. The summed E-state index contributed by atoms with van der Waals surface area (Å²) in [4.78, 5) is 41.6.